The van der Waals surface area contributed by atoms with Crippen LogP contribution in [0.15, 0.2) is 0 Å². The first kappa shape index (κ1) is 16.5. The molecule has 0 unspecified atom stereocenters. The molecular formula is C6H14I2O2S2. The first-order valence-electron chi connectivity index (χ1n) is 3.42. The summed E-state index contributed by atoms with van der Waals surface area (Å²) in [6.07, 6.45) is 0.515. The van der Waals surface area contributed by atoms with Crippen molar-refractivity contribution in [2.24, 2.45) is 0 Å². The maximum atomic E-state index is 5.15. The fourth-order valence-electron chi connectivity index (χ4n) is 0.189. The second kappa shape index (κ2) is 13.1. The van der Waals surface area contributed by atoms with Gasteiger partial charge in [-0.1, -0.05) is 0 Å². The van der Waals surface area contributed by atoms with Gasteiger partial charge in [-0.2, -0.15) is 0 Å². The maximum Gasteiger partial charge on any atom is 0.0928 e. The van der Waals surface area contributed by atoms with E-state index >= 15 is 0 Å². The Balaban J connectivity index is 0. The topological polar surface area (TPSA) is 18.5 Å². The monoisotopic (exact) mass is 436 g/mol. The average molecular weight is 436 g/mol. The van der Waals surface area contributed by atoms with Gasteiger partial charge in [0.1, 0.15) is 0 Å². The highest BCUT2D eigenvalue weighted by molar-refractivity contribution is 15.0. The Labute approximate surface area is 106 Å². The molecule has 0 atom stereocenters. The van der Waals surface area contributed by atoms with Crippen LogP contribution in [0.3, 0.4) is 0 Å². The van der Waals surface area contributed by atoms with Crippen LogP contribution in [0.2, 0.25) is 0 Å². The third-order valence-electron chi connectivity index (χ3n) is 0.491. The van der Waals surface area contributed by atoms with E-state index in [1.54, 1.807) is 0 Å². The Hall–Kier alpha value is 2.08. The fraction of sp³-hybridized carbons (Fsp3) is 1.00. The first-order chi connectivity index (χ1) is 5.63. The highest BCUT2D eigenvalue weighted by Gasteiger charge is 1.97. The smallest absolute Gasteiger partial charge is 0.0928 e. The predicted molar refractivity (Wildman–Crippen MR) is 75.7 cm³/mol. The van der Waals surface area contributed by atoms with Gasteiger partial charge in [0.15, 0.2) is 0 Å². The van der Waals surface area contributed by atoms with Crippen LogP contribution in [0.5, 0.6) is 0 Å². The van der Waals surface area contributed by atoms with E-state index in [1.165, 1.54) is 22.1 Å². The van der Waals surface area contributed by atoms with Crippen LogP contribution in [0.25, 0.3) is 0 Å². The van der Waals surface area contributed by atoms with Gasteiger partial charge in [-0.25, -0.2) is 0 Å². The second-order valence-corrected chi connectivity index (χ2v) is 3.90. The van der Waals surface area contributed by atoms with Crippen LogP contribution in [0.4, 0.5) is 0 Å². The van der Waals surface area contributed by atoms with Crippen molar-refractivity contribution in [3.05, 3.63) is 0 Å². The largest absolute Gasteiger partial charge is 0.301 e. The molecule has 0 amide bonds. The molecule has 0 bridgehead atoms. The minimum absolute atomic E-state index is 0.258. The zero-order valence-corrected chi connectivity index (χ0v) is 13.5. The minimum Gasteiger partial charge on any atom is -0.301 e. The van der Waals surface area contributed by atoms with Crippen molar-refractivity contribution in [2.75, 3.05) is 0 Å². The SMILES string of the molecule is CC(C)OSSOC(C)C.II. The summed E-state index contributed by atoms with van der Waals surface area (Å²) < 4.78 is 10.3. The van der Waals surface area contributed by atoms with Crippen molar-refractivity contribution in [1.29, 1.82) is 0 Å². The van der Waals surface area contributed by atoms with Gasteiger partial charge in [-0.3, -0.25) is 0 Å². The molecule has 0 aromatic rings. The van der Waals surface area contributed by atoms with Crippen LogP contribution in [-0.4, -0.2) is 12.2 Å². The quantitative estimate of drug-likeness (QED) is 0.266. The molecule has 0 fully saturated rings. The average Bonchev–Trinajstić information content (AvgIpc) is 2.02. The van der Waals surface area contributed by atoms with E-state index in [0.717, 1.165) is 0 Å². The molecule has 0 aliphatic heterocycles. The van der Waals surface area contributed by atoms with Crippen LogP contribution >= 0.6 is 59.4 Å². The lowest BCUT2D eigenvalue weighted by Gasteiger charge is -2.05. The summed E-state index contributed by atoms with van der Waals surface area (Å²) in [4.78, 5) is 0. The van der Waals surface area contributed by atoms with Crippen molar-refractivity contribution < 1.29 is 8.37 Å². The van der Waals surface area contributed by atoms with Crippen LogP contribution in [-0.2, 0) is 8.37 Å². The van der Waals surface area contributed by atoms with E-state index in [-0.39, 0.29) is 12.2 Å². The number of hydrogen-bond acceptors (Lipinski definition) is 4. The van der Waals surface area contributed by atoms with Gasteiger partial charge < -0.3 is 8.37 Å². The zero-order chi connectivity index (χ0) is 9.98. The fourth-order valence-corrected chi connectivity index (χ4v) is 1.70. The molecule has 0 saturated carbocycles. The zero-order valence-electron chi connectivity index (χ0n) is 7.54. The van der Waals surface area contributed by atoms with Gasteiger partial charge in [0.05, 0.1) is 34.4 Å². The summed E-state index contributed by atoms with van der Waals surface area (Å²) in [5, 5.41) is 0. The van der Waals surface area contributed by atoms with Gasteiger partial charge in [-0.05, 0) is 27.7 Å². The van der Waals surface area contributed by atoms with E-state index < -0.39 is 0 Å². The Kier molecular flexibility index (Phi) is 18.0. The van der Waals surface area contributed by atoms with Gasteiger partial charge in [-0.15, -0.1) is 0 Å². The Morgan fingerprint density at radius 1 is 0.833 bits per heavy atom. The van der Waals surface area contributed by atoms with Crippen molar-refractivity contribution in [1.82, 2.24) is 0 Å². The van der Waals surface area contributed by atoms with Crippen LogP contribution < -0.4 is 0 Å². The lowest BCUT2D eigenvalue weighted by atomic mass is 10.5. The molecule has 0 aliphatic carbocycles. The molecule has 0 saturated heterocycles. The van der Waals surface area contributed by atoms with Gasteiger partial charge in [0.25, 0.3) is 0 Å². The van der Waals surface area contributed by atoms with Gasteiger partial charge in [0, 0.05) is 37.2 Å². The van der Waals surface area contributed by atoms with Crippen molar-refractivity contribution in [2.45, 2.75) is 39.9 Å². The van der Waals surface area contributed by atoms with E-state index in [4.69, 9.17) is 8.37 Å². The normalized spacial score (nSPS) is 10.0. The van der Waals surface area contributed by atoms with Crippen molar-refractivity contribution in [3.63, 3.8) is 0 Å². The minimum atomic E-state index is 0.258. The third kappa shape index (κ3) is 18.0. The Morgan fingerprint density at radius 2 is 1.08 bits per heavy atom. The summed E-state index contributed by atoms with van der Waals surface area (Å²) in [6.45, 7) is 7.96. The predicted octanol–water partition coefficient (Wildman–Crippen LogP) is 4.82. The standard InChI is InChI=1S/C6H14O2S2.I2/c1-5(2)7-9-10-8-6(3)4;1-2/h5-6H,1-4H3;. The lowest BCUT2D eigenvalue weighted by molar-refractivity contribution is 0.282. The molecule has 0 N–H and O–H groups in total. The molecule has 0 aromatic carbocycles. The van der Waals surface area contributed by atoms with E-state index in [2.05, 4.69) is 37.2 Å². The second-order valence-electron chi connectivity index (χ2n) is 2.43. The van der Waals surface area contributed by atoms with Crippen molar-refractivity contribution >= 4 is 59.4 Å². The van der Waals surface area contributed by atoms with E-state index in [1.807, 2.05) is 27.7 Å². The number of rotatable bonds is 5. The molecule has 0 aromatic heterocycles. The molecule has 76 valence electrons. The molecule has 2 nitrogen and oxygen atoms in total. The number of hydrogen-bond donors (Lipinski definition) is 0. The highest BCUT2D eigenvalue weighted by Crippen LogP contribution is 2.26. The summed E-state index contributed by atoms with van der Waals surface area (Å²) >= 11 is 6.81. The van der Waals surface area contributed by atoms with Crippen molar-refractivity contribution in [3.8, 4) is 0 Å². The van der Waals surface area contributed by atoms with Crippen LogP contribution in [0, 0.1) is 0 Å². The number of halogens is 2. The molecule has 0 radical (unpaired) electrons. The van der Waals surface area contributed by atoms with E-state index in [0.29, 0.717) is 0 Å². The van der Waals surface area contributed by atoms with Gasteiger partial charge in [0.2, 0.25) is 0 Å². The summed E-state index contributed by atoms with van der Waals surface area (Å²) in [5.74, 6) is 0. The molecule has 0 rings (SSSR count). The lowest BCUT2D eigenvalue weighted by Crippen LogP contribution is -1.95. The summed E-state index contributed by atoms with van der Waals surface area (Å²) in [7, 11) is 0. The molecule has 12 heavy (non-hydrogen) atoms. The Bertz CT molecular complexity index is 73.9. The van der Waals surface area contributed by atoms with Gasteiger partial charge >= 0.3 is 0 Å². The molecule has 0 aliphatic rings. The summed E-state index contributed by atoms with van der Waals surface area (Å²) in [5.41, 5.74) is 0. The molecule has 0 spiro atoms. The summed E-state index contributed by atoms with van der Waals surface area (Å²) in [6, 6.07) is 0. The first-order valence-corrected chi connectivity index (χ1v) is 11.7. The van der Waals surface area contributed by atoms with E-state index in [9.17, 15) is 0 Å². The molecule has 0 heterocycles. The molecule has 6 heteroatoms. The molecular weight excluding hydrogens is 422 g/mol. The maximum absolute atomic E-state index is 5.15. The third-order valence-corrected chi connectivity index (χ3v) is 2.11. The Morgan fingerprint density at radius 3 is 1.25 bits per heavy atom. The van der Waals surface area contributed by atoms with Crippen LogP contribution in [0.1, 0.15) is 27.7 Å². The highest BCUT2D eigenvalue weighted by atomic mass is 128.